The van der Waals surface area contributed by atoms with E-state index < -0.39 is 5.41 Å². The number of benzene rings is 9. The van der Waals surface area contributed by atoms with E-state index in [4.69, 9.17) is 0 Å². The van der Waals surface area contributed by atoms with Crippen molar-refractivity contribution >= 4 is 48.6 Å². The van der Waals surface area contributed by atoms with Crippen molar-refractivity contribution in [2.75, 3.05) is 4.90 Å². The predicted octanol–water partition coefficient (Wildman–Crippen LogP) is 15.2. The van der Waals surface area contributed by atoms with Crippen molar-refractivity contribution < 1.29 is 0 Å². The summed E-state index contributed by atoms with van der Waals surface area (Å²) in [4.78, 5) is 2.31. The monoisotopic (exact) mass is 743 g/mol. The molecule has 2 heteroatoms. The normalized spacial score (nSPS) is 12.7. The number of hydrogen-bond acceptors (Lipinski definition) is 2. The van der Waals surface area contributed by atoms with Crippen LogP contribution < -0.4 is 4.90 Å². The maximum absolute atomic E-state index is 2.48. The van der Waals surface area contributed by atoms with Crippen molar-refractivity contribution in [3.05, 3.63) is 247 Å². The average molecular weight is 744 g/mol. The van der Waals surface area contributed by atoms with Gasteiger partial charge in [0.2, 0.25) is 0 Å². The van der Waals surface area contributed by atoms with Gasteiger partial charge in [0.05, 0.1) is 5.41 Å². The van der Waals surface area contributed by atoms with Gasteiger partial charge in [0.1, 0.15) is 0 Å². The van der Waals surface area contributed by atoms with Crippen LogP contribution in [0.5, 0.6) is 0 Å². The quantitative estimate of drug-likeness (QED) is 0.157. The molecule has 0 aliphatic heterocycles. The van der Waals surface area contributed by atoms with E-state index in [2.05, 4.69) is 229 Å². The van der Waals surface area contributed by atoms with Gasteiger partial charge in [-0.15, -0.1) is 11.3 Å². The van der Waals surface area contributed by atoms with E-state index in [0.29, 0.717) is 0 Å². The number of rotatable bonds is 7. The van der Waals surface area contributed by atoms with Gasteiger partial charge in [-0.25, -0.2) is 0 Å². The van der Waals surface area contributed by atoms with Crippen LogP contribution >= 0.6 is 11.3 Å². The predicted molar refractivity (Wildman–Crippen MR) is 242 cm³/mol. The second kappa shape index (κ2) is 13.6. The molecule has 1 heterocycles. The van der Waals surface area contributed by atoms with Gasteiger partial charge in [0.15, 0.2) is 0 Å². The first-order valence-corrected chi connectivity index (χ1v) is 20.4. The van der Waals surface area contributed by atoms with Gasteiger partial charge in [0.25, 0.3) is 0 Å². The fourth-order valence-corrected chi connectivity index (χ4v) is 10.5. The molecule has 9 aromatic carbocycles. The Morgan fingerprint density at radius 3 is 1.54 bits per heavy atom. The first-order chi connectivity index (χ1) is 28.3. The number of anilines is 3. The summed E-state index contributed by atoms with van der Waals surface area (Å²) in [6, 6.07) is 82.2. The molecule has 0 atom stereocenters. The summed E-state index contributed by atoms with van der Waals surface area (Å²) in [5, 5.41) is 2.61. The van der Waals surface area contributed by atoms with Crippen LogP contribution in [0.25, 0.3) is 53.6 Å². The van der Waals surface area contributed by atoms with E-state index in [1.165, 1.54) is 75.8 Å². The second-order valence-electron chi connectivity index (χ2n) is 14.8. The van der Waals surface area contributed by atoms with E-state index in [1.54, 1.807) is 0 Å². The molecule has 0 amide bonds. The molecule has 0 radical (unpaired) electrons. The van der Waals surface area contributed by atoms with Crippen molar-refractivity contribution in [1.29, 1.82) is 0 Å². The highest BCUT2D eigenvalue weighted by molar-refractivity contribution is 7.26. The summed E-state index contributed by atoms with van der Waals surface area (Å²) in [6.07, 6.45) is 0. The van der Waals surface area contributed by atoms with Gasteiger partial charge in [0, 0.05) is 37.2 Å². The Hall–Kier alpha value is -7.00. The lowest BCUT2D eigenvalue weighted by atomic mass is 9.67. The number of fused-ring (bicyclic) bond motifs is 6. The lowest BCUT2D eigenvalue weighted by Crippen LogP contribution is -2.28. The molecule has 0 bridgehead atoms. The SMILES string of the molecule is c1ccc(N(c2ccccc2)c2ccc(-c3cccc(-c4cccc5c4sc4ccc(C6(c7ccccc7)c7ccccc7-c7ccccc76)cc45)c3)cc2)cc1. The van der Waals surface area contributed by atoms with Crippen LogP contribution in [0.4, 0.5) is 17.1 Å². The minimum Gasteiger partial charge on any atom is -0.311 e. The van der Waals surface area contributed by atoms with Crippen molar-refractivity contribution in [2.24, 2.45) is 0 Å². The van der Waals surface area contributed by atoms with Gasteiger partial charge < -0.3 is 4.90 Å². The van der Waals surface area contributed by atoms with E-state index in [0.717, 1.165) is 17.1 Å². The molecule has 0 saturated carbocycles. The molecule has 57 heavy (non-hydrogen) atoms. The zero-order chi connectivity index (χ0) is 37.8. The summed E-state index contributed by atoms with van der Waals surface area (Å²) in [5.74, 6) is 0. The van der Waals surface area contributed by atoms with Gasteiger partial charge in [-0.3, -0.25) is 0 Å². The standard InChI is InChI=1S/C55H37NS/c1-4-18-41(19-5-1)55(51-28-12-10-24-47(51)48-25-11-13-29-52(48)55)42-32-35-53-50(37-42)49-27-15-26-46(54(49)57-53)40-17-14-16-39(36-40)38-30-33-45(34-31-38)56(43-20-6-2-7-21-43)44-22-8-3-9-23-44/h1-37H. The van der Waals surface area contributed by atoms with Crippen LogP contribution in [-0.2, 0) is 5.41 Å². The number of para-hydroxylation sites is 2. The third-order valence-electron chi connectivity index (χ3n) is 11.8. The summed E-state index contributed by atoms with van der Waals surface area (Å²) in [7, 11) is 0. The largest absolute Gasteiger partial charge is 0.311 e. The van der Waals surface area contributed by atoms with E-state index in [-0.39, 0.29) is 0 Å². The zero-order valence-electron chi connectivity index (χ0n) is 31.2. The average Bonchev–Trinajstić information content (AvgIpc) is 3.82. The van der Waals surface area contributed by atoms with Gasteiger partial charge in [-0.2, -0.15) is 0 Å². The van der Waals surface area contributed by atoms with Crippen molar-refractivity contribution in [3.63, 3.8) is 0 Å². The molecule has 1 nitrogen and oxygen atoms in total. The Kier molecular flexibility index (Phi) is 7.98. The maximum Gasteiger partial charge on any atom is 0.0713 e. The molecule has 0 N–H and O–H groups in total. The highest BCUT2D eigenvalue weighted by Crippen LogP contribution is 2.56. The molecular formula is C55H37NS. The minimum atomic E-state index is -0.419. The van der Waals surface area contributed by atoms with Crippen molar-refractivity contribution in [1.82, 2.24) is 0 Å². The molecule has 1 aliphatic rings. The summed E-state index contributed by atoms with van der Waals surface area (Å²) >= 11 is 1.90. The molecule has 0 unspecified atom stereocenters. The van der Waals surface area contributed by atoms with Crippen LogP contribution in [0, 0.1) is 0 Å². The van der Waals surface area contributed by atoms with Crippen LogP contribution in [0.3, 0.4) is 0 Å². The van der Waals surface area contributed by atoms with E-state index >= 15 is 0 Å². The Bertz CT molecular complexity index is 2970. The van der Waals surface area contributed by atoms with Crippen molar-refractivity contribution in [3.8, 4) is 33.4 Å². The van der Waals surface area contributed by atoms with E-state index in [1.807, 2.05) is 11.3 Å². The Labute approximate surface area is 337 Å². The maximum atomic E-state index is 2.48. The molecule has 0 saturated heterocycles. The number of hydrogen-bond donors (Lipinski definition) is 0. The minimum absolute atomic E-state index is 0.419. The van der Waals surface area contributed by atoms with Crippen LogP contribution in [0.2, 0.25) is 0 Å². The number of nitrogens with zero attached hydrogens (tertiary/aromatic N) is 1. The lowest BCUT2D eigenvalue weighted by Gasteiger charge is -2.34. The van der Waals surface area contributed by atoms with Gasteiger partial charge >= 0.3 is 0 Å². The van der Waals surface area contributed by atoms with Crippen LogP contribution in [-0.4, -0.2) is 0 Å². The Balaban J connectivity index is 1.01. The third kappa shape index (κ3) is 5.37. The molecule has 0 spiro atoms. The highest BCUT2D eigenvalue weighted by Gasteiger charge is 2.46. The van der Waals surface area contributed by atoms with Gasteiger partial charge in [-0.1, -0.05) is 170 Å². The molecule has 0 fully saturated rings. The first-order valence-electron chi connectivity index (χ1n) is 19.6. The summed E-state index contributed by atoms with van der Waals surface area (Å²) in [6.45, 7) is 0. The van der Waals surface area contributed by atoms with Crippen LogP contribution in [0.1, 0.15) is 22.3 Å². The van der Waals surface area contributed by atoms with E-state index in [9.17, 15) is 0 Å². The first kappa shape index (κ1) is 33.3. The fourth-order valence-electron chi connectivity index (χ4n) is 9.24. The summed E-state index contributed by atoms with van der Waals surface area (Å²) < 4.78 is 2.62. The third-order valence-corrected chi connectivity index (χ3v) is 13.0. The fraction of sp³-hybridized carbons (Fsp3) is 0.0182. The second-order valence-corrected chi connectivity index (χ2v) is 15.9. The molecular weight excluding hydrogens is 707 g/mol. The van der Waals surface area contributed by atoms with Gasteiger partial charge in [-0.05, 0) is 110 Å². The highest BCUT2D eigenvalue weighted by atomic mass is 32.1. The summed E-state index contributed by atoms with van der Waals surface area (Å²) in [5.41, 5.74) is 15.8. The lowest BCUT2D eigenvalue weighted by molar-refractivity contribution is 0.770. The van der Waals surface area contributed by atoms with Crippen LogP contribution in [0.15, 0.2) is 224 Å². The molecule has 11 rings (SSSR count). The molecule has 10 aromatic rings. The van der Waals surface area contributed by atoms with Crippen molar-refractivity contribution in [2.45, 2.75) is 5.41 Å². The Morgan fingerprint density at radius 2 is 0.877 bits per heavy atom. The smallest absolute Gasteiger partial charge is 0.0713 e. The molecule has 268 valence electrons. The topological polar surface area (TPSA) is 3.24 Å². The zero-order valence-corrected chi connectivity index (χ0v) is 32.0. The molecule has 1 aromatic heterocycles. The Morgan fingerprint density at radius 1 is 0.333 bits per heavy atom. The molecule has 1 aliphatic carbocycles. The number of thiophene rings is 1.